The summed E-state index contributed by atoms with van der Waals surface area (Å²) in [4.78, 5) is 14.2. The molecule has 0 saturated carbocycles. The van der Waals surface area contributed by atoms with E-state index in [-0.39, 0.29) is 11.4 Å². The second kappa shape index (κ2) is 11.7. The van der Waals surface area contributed by atoms with Crippen molar-refractivity contribution in [2.24, 2.45) is 5.41 Å². The lowest BCUT2D eigenvalue weighted by Crippen LogP contribution is -2.60. The molecule has 1 aliphatic rings. The Labute approximate surface area is 158 Å². The minimum Gasteiger partial charge on any atom is -0.465 e. The SMILES string of the molecule is BSOCC1(COC(=O)CCC(=C)C)CN(C(=C)CCCCCC)C1. The molecule has 0 N–H and O–H groups in total. The molecular weight excluding hydrogens is 333 g/mol. The van der Waals surface area contributed by atoms with Crippen LogP contribution in [-0.4, -0.2) is 44.3 Å². The quantitative estimate of drug-likeness (QED) is 0.153. The normalized spacial score (nSPS) is 15.5. The Bertz CT molecular complexity index is 450. The standard InChI is InChI=1S/C19H34BNO3S/c1-5-6-7-8-9-17(4)21-12-19(13-21,15-24-25-20)14-23-18(22)11-10-16(2)3/h2,4-15,20H2,1,3H3. The first-order valence-corrected chi connectivity index (χ1v) is 10.5. The first-order chi connectivity index (χ1) is 11.9. The summed E-state index contributed by atoms with van der Waals surface area (Å²) < 4.78 is 11.1. The second-order valence-electron chi connectivity index (χ2n) is 7.28. The summed E-state index contributed by atoms with van der Waals surface area (Å²) in [6.45, 7) is 14.9. The van der Waals surface area contributed by atoms with Gasteiger partial charge in [0.25, 0.3) is 0 Å². The van der Waals surface area contributed by atoms with Gasteiger partial charge in [-0.15, -0.1) is 6.58 Å². The van der Waals surface area contributed by atoms with Gasteiger partial charge in [0.05, 0.1) is 12.0 Å². The third-order valence-corrected chi connectivity index (χ3v) is 4.95. The summed E-state index contributed by atoms with van der Waals surface area (Å²) >= 11 is 1.36. The van der Waals surface area contributed by atoms with E-state index in [0.717, 1.165) is 25.1 Å². The van der Waals surface area contributed by atoms with E-state index in [1.807, 2.05) is 14.0 Å². The van der Waals surface area contributed by atoms with Crippen LogP contribution in [0.4, 0.5) is 0 Å². The lowest BCUT2D eigenvalue weighted by Gasteiger charge is -2.51. The van der Waals surface area contributed by atoms with Crippen LogP contribution in [0.3, 0.4) is 0 Å². The number of hydrogen-bond donors (Lipinski definition) is 0. The fourth-order valence-corrected chi connectivity index (χ4v) is 3.30. The molecule has 142 valence electrons. The zero-order valence-corrected chi connectivity index (χ0v) is 17.1. The van der Waals surface area contributed by atoms with Gasteiger partial charge in [-0.25, -0.2) is 0 Å². The number of carbonyl (C=O) groups excluding carboxylic acids is 1. The average molecular weight is 367 g/mol. The molecule has 0 radical (unpaired) electrons. The van der Waals surface area contributed by atoms with Gasteiger partial charge in [0.1, 0.15) is 6.61 Å². The molecule has 1 fully saturated rings. The first-order valence-electron chi connectivity index (χ1n) is 9.31. The predicted octanol–water partition coefficient (Wildman–Crippen LogP) is 3.88. The molecule has 0 amide bonds. The molecule has 0 aromatic carbocycles. The van der Waals surface area contributed by atoms with Gasteiger partial charge >= 0.3 is 5.97 Å². The molecule has 6 heteroatoms. The fraction of sp³-hybridized carbons (Fsp3) is 0.737. The highest BCUT2D eigenvalue weighted by atomic mass is 32.2. The number of hydrogen-bond acceptors (Lipinski definition) is 5. The van der Waals surface area contributed by atoms with Gasteiger partial charge in [0, 0.05) is 25.2 Å². The van der Waals surface area contributed by atoms with Crippen molar-refractivity contribution < 1.29 is 13.7 Å². The van der Waals surface area contributed by atoms with E-state index >= 15 is 0 Å². The lowest BCUT2D eigenvalue weighted by atomic mass is 9.80. The van der Waals surface area contributed by atoms with Crippen molar-refractivity contribution in [3.05, 3.63) is 24.4 Å². The molecule has 0 unspecified atom stereocenters. The van der Waals surface area contributed by atoms with Crippen LogP contribution in [0.15, 0.2) is 24.4 Å². The van der Waals surface area contributed by atoms with Crippen LogP contribution < -0.4 is 0 Å². The van der Waals surface area contributed by atoms with Crippen molar-refractivity contribution in [3.8, 4) is 0 Å². The number of esters is 1. The van der Waals surface area contributed by atoms with Crippen molar-refractivity contribution in [2.45, 2.75) is 58.8 Å². The largest absolute Gasteiger partial charge is 0.465 e. The maximum Gasteiger partial charge on any atom is 0.306 e. The molecule has 0 aliphatic carbocycles. The van der Waals surface area contributed by atoms with E-state index in [4.69, 9.17) is 8.92 Å². The Hall–Kier alpha value is -0.875. The van der Waals surface area contributed by atoms with Gasteiger partial charge in [-0.3, -0.25) is 4.79 Å². The molecule has 0 aromatic heterocycles. The Kier molecular flexibility index (Phi) is 10.4. The Morgan fingerprint density at radius 2 is 1.88 bits per heavy atom. The summed E-state index contributed by atoms with van der Waals surface area (Å²) in [5.41, 5.74) is 2.10. The highest BCUT2D eigenvalue weighted by Crippen LogP contribution is 2.35. The average Bonchev–Trinajstić information content (AvgIpc) is 2.55. The van der Waals surface area contributed by atoms with Crippen LogP contribution in [0.2, 0.25) is 0 Å². The van der Waals surface area contributed by atoms with Crippen LogP contribution in [0, 0.1) is 5.41 Å². The van der Waals surface area contributed by atoms with Crippen LogP contribution in [0.5, 0.6) is 0 Å². The Morgan fingerprint density at radius 1 is 1.16 bits per heavy atom. The summed E-state index contributed by atoms with van der Waals surface area (Å²) in [7, 11) is 1.91. The van der Waals surface area contributed by atoms with E-state index in [1.54, 1.807) is 0 Å². The minimum absolute atomic E-state index is 0.103. The molecule has 0 spiro atoms. The van der Waals surface area contributed by atoms with Gasteiger partial charge in [0.15, 0.2) is 0 Å². The topological polar surface area (TPSA) is 38.8 Å². The number of carbonyl (C=O) groups is 1. The first kappa shape index (κ1) is 22.2. The summed E-state index contributed by atoms with van der Waals surface area (Å²) in [5, 5.41) is 0. The van der Waals surface area contributed by atoms with Crippen molar-refractivity contribution >= 4 is 25.0 Å². The molecule has 1 aliphatic heterocycles. The van der Waals surface area contributed by atoms with E-state index in [1.165, 1.54) is 43.3 Å². The highest BCUT2D eigenvalue weighted by molar-refractivity contribution is 8.15. The monoisotopic (exact) mass is 367 g/mol. The molecular formula is C19H34BNO3S. The molecule has 4 nitrogen and oxygen atoms in total. The molecule has 0 bridgehead atoms. The fourth-order valence-electron chi connectivity index (χ4n) is 2.93. The number of nitrogens with zero attached hydrogens (tertiary/aromatic N) is 1. The number of allylic oxidation sites excluding steroid dienone is 2. The van der Waals surface area contributed by atoms with Gasteiger partial charge in [-0.05, 0) is 26.2 Å². The summed E-state index contributed by atoms with van der Waals surface area (Å²) in [5.74, 6) is -0.150. The maximum absolute atomic E-state index is 11.9. The Balaban J connectivity index is 2.39. The Morgan fingerprint density at radius 3 is 2.48 bits per heavy atom. The number of ether oxygens (including phenoxy) is 1. The summed E-state index contributed by atoms with van der Waals surface area (Å²) in [6.07, 6.45) is 7.16. The van der Waals surface area contributed by atoms with Crippen molar-refractivity contribution in [2.75, 3.05) is 26.3 Å². The van der Waals surface area contributed by atoms with Gasteiger partial charge in [-0.1, -0.05) is 50.2 Å². The molecule has 0 atom stereocenters. The van der Waals surface area contributed by atoms with Crippen LogP contribution >= 0.6 is 11.9 Å². The van der Waals surface area contributed by atoms with E-state index in [2.05, 4.69) is 25.0 Å². The number of rotatable bonds is 14. The molecule has 1 saturated heterocycles. The third-order valence-electron chi connectivity index (χ3n) is 4.60. The molecule has 1 heterocycles. The maximum atomic E-state index is 11.9. The van der Waals surface area contributed by atoms with Crippen LogP contribution in [0.25, 0.3) is 0 Å². The second-order valence-corrected chi connectivity index (χ2v) is 7.85. The van der Waals surface area contributed by atoms with E-state index < -0.39 is 0 Å². The van der Waals surface area contributed by atoms with Crippen LogP contribution in [0.1, 0.15) is 58.8 Å². The summed E-state index contributed by atoms with van der Waals surface area (Å²) in [6, 6.07) is 0. The molecule has 25 heavy (non-hydrogen) atoms. The van der Waals surface area contributed by atoms with Gasteiger partial charge < -0.3 is 13.8 Å². The highest BCUT2D eigenvalue weighted by Gasteiger charge is 2.45. The lowest BCUT2D eigenvalue weighted by molar-refractivity contribution is -0.153. The third kappa shape index (κ3) is 8.36. The smallest absolute Gasteiger partial charge is 0.306 e. The zero-order valence-electron chi connectivity index (χ0n) is 16.3. The molecule has 0 aromatic rings. The number of unbranched alkanes of at least 4 members (excludes halogenated alkanes) is 3. The van der Waals surface area contributed by atoms with Gasteiger partial charge in [0.2, 0.25) is 7.12 Å². The van der Waals surface area contributed by atoms with Crippen molar-refractivity contribution in [3.63, 3.8) is 0 Å². The van der Waals surface area contributed by atoms with Crippen LogP contribution in [-0.2, 0) is 13.7 Å². The van der Waals surface area contributed by atoms with E-state index in [9.17, 15) is 4.79 Å². The van der Waals surface area contributed by atoms with Gasteiger partial charge in [-0.2, -0.15) is 0 Å². The number of likely N-dealkylation sites (tertiary alicyclic amines) is 1. The minimum atomic E-state index is -0.150. The van der Waals surface area contributed by atoms with E-state index in [0.29, 0.717) is 26.1 Å². The van der Waals surface area contributed by atoms with Crippen molar-refractivity contribution in [1.82, 2.24) is 4.90 Å². The molecule has 1 rings (SSSR count). The van der Waals surface area contributed by atoms with Crippen molar-refractivity contribution in [1.29, 1.82) is 0 Å². The predicted molar refractivity (Wildman–Crippen MR) is 109 cm³/mol. The zero-order chi connectivity index (χ0) is 18.7.